The van der Waals surface area contributed by atoms with Crippen molar-refractivity contribution >= 4 is 26.9 Å². The van der Waals surface area contributed by atoms with E-state index in [1.54, 1.807) is 35.6 Å². The molecule has 0 unspecified atom stereocenters. The summed E-state index contributed by atoms with van der Waals surface area (Å²) in [7, 11) is -3.47. The zero-order valence-electron chi connectivity index (χ0n) is 10.6. The van der Waals surface area contributed by atoms with Crippen LogP contribution >= 0.6 is 11.3 Å². The molecule has 0 bridgehead atoms. The molecule has 100 valence electrons. The van der Waals surface area contributed by atoms with Gasteiger partial charge in [-0.3, -0.25) is 0 Å². The molecule has 1 heterocycles. The molecule has 0 saturated carbocycles. The van der Waals surface area contributed by atoms with E-state index < -0.39 is 10.0 Å². The molecule has 2 aromatic rings. The van der Waals surface area contributed by atoms with Crippen molar-refractivity contribution in [3.8, 4) is 0 Å². The fourth-order valence-corrected chi connectivity index (χ4v) is 3.27. The summed E-state index contributed by atoms with van der Waals surface area (Å²) in [5, 5.41) is 1.94. The van der Waals surface area contributed by atoms with E-state index in [4.69, 9.17) is 0 Å². The molecule has 19 heavy (non-hydrogen) atoms. The van der Waals surface area contributed by atoms with Crippen LogP contribution in [0.5, 0.6) is 0 Å². The van der Waals surface area contributed by atoms with Crippen LogP contribution < -0.4 is 4.72 Å². The normalized spacial score (nSPS) is 11.4. The van der Waals surface area contributed by atoms with E-state index in [2.05, 4.69) is 11.3 Å². The van der Waals surface area contributed by atoms with Gasteiger partial charge in [0.1, 0.15) is 0 Å². The zero-order valence-corrected chi connectivity index (χ0v) is 12.2. The van der Waals surface area contributed by atoms with Gasteiger partial charge in [0.2, 0.25) is 10.0 Å². The molecular weight excluding hydrogens is 278 g/mol. The molecule has 0 aliphatic rings. The van der Waals surface area contributed by atoms with Crippen LogP contribution in [0.4, 0.5) is 0 Å². The van der Waals surface area contributed by atoms with Gasteiger partial charge in [0.15, 0.2) is 0 Å². The average molecular weight is 293 g/mol. The second-order valence-electron chi connectivity index (χ2n) is 4.22. The second kappa shape index (κ2) is 5.69. The molecule has 1 aromatic carbocycles. The van der Waals surface area contributed by atoms with Crippen molar-refractivity contribution in [3.63, 3.8) is 0 Å². The molecule has 0 saturated heterocycles. The molecule has 0 aliphatic carbocycles. The van der Waals surface area contributed by atoms with E-state index in [0.29, 0.717) is 0 Å². The maximum atomic E-state index is 12.1. The third-order valence-electron chi connectivity index (χ3n) is 2.68. The second-order valence-corrected chi connectivity index (χ2v) is 6.93. The minimum atomic E-state index is -3.47. The van der Waals surface area contributed by atoms with Crippen LogP contribution in [0, 0.1) is 6.92 Å². The van der Waals surface area contributed by atoms with Gasteiger partial charge >= 0.3 is 0 Å². The van der Waals surface area contributed by atoms with E-state index >= 15 is 0 Å². The topological polar surface area (TPSA) is 46.2 Å². The lowest BCUT2D eigenvalue weighted by Crippen LogP contribution is -2.25. The predicted molar refractivity (Wildman–Crippen MR) is 79.7 cm³/mol. The van der Waals surface area contributed by atoms with Gasteiger partial charge in [-0.15, -0.1) is 11.3 Å². The summed E-state index contributed by atoms with van der Waals surface area (Å²) >= 11 is 1.55. The van der Waals surface area contributed by atoms with E-state index in [1.807, 2.05) is 24.4 Å². The highest BCUT2D eigenvalue weighted by atomic mass is 32.2. The predicted octanol–water partition coefficient (Wildman–Crippen LogP) is 3.05. The number of sulfonamides is 1. The van der Waals surface area contributed by atoms with Crippen molar-refractivity contribution in [2.45, 2.75) is 11.8 Å². The van der Waals surface area contributed by atoms with Gasteiger partial charge < -0.3 is 0 Å². The van der Waals surface area contributed by atoms with Crippen LogP contribution in [0.15, 0.2) is 53.3 Å². The first-order chi connectivity index (χ1) is 8.99. The van der Waals surface area contributed by atoms with Crippen LogP contribution in [-0.2, 0) is 10.0 Å². The highest BCUT2D eigenvalue weighted by Crippen LogP contribution is 2.18. The van der Waals surface area contributed by atoms with Gasteiger partial charge in [-0.05, 0) is 36.1 Å². The fraction of sp³-hybridized carbons (Fsp3) is 0.143. The number of hydrogen-bond donors (Lipinski definition) is 1. The van der Waals surface area contributed by atoms with Crippen LogP contribution in [-0.4, -0.2) is 15.0 Å². The standard InChI is InChI=1S/C14H15NO2S2/c1-11-5-7-13(8-6-11)19(16,17)15-10-12(2)14-4-3-9-18-14/h3-9,15H,2,10H2,1H3. The lowest BCUT2D eigenvalue weighted by Gasteiger charge is -2.08. The Bertz CT molecular complexity index is 656. The van der Waals surface area contributed by atoms with Gasteiger partial charge in [0, 0.05) is 11.4 Å². The smallest absolute Gasteiger partial charge is 0.207 e. The van der Waals surface area contributed by atoms with E-state index in [-0.39, 0.29) is 11.4 Å². The third-order valence-corrected chi connectivity index (χ3v) is 5.07. The first kappa shape index (κ1) is 14.0. The molecular formula is C14H15NO2S2. The quantitative estimate of drug-likeness (QED) is 0.921. The summed E-state index contributed by atoms with van der Waals surface area (Å²) in [6, 6.07) is 10.6. The van der Waals surface area contributed by atoms with Gasteiger partial charge in [0.25, 0.3) is 0 Å². The summed E-state index contributed by atoms with van der Waals surface area (Å²) in [6.07, 6.45) is 0. The first-order valence-corrected chi connectivity index (χ1v) is 8.13. The van der Waals surface area contributed by atoms with Crippen LogP contribution in [0.2, 0.25) is 0 Å². The molecule has 0 radical (unpaired) electrons. The summed E-state index contributed by atoms with van der Waals surface area (Å²) in [5.41, 5.74) is 1.80. The Kier molecular flexibility index (Phi) is 4.19. The minimum absolute atomic E-state index is 0.219. The Morgan fingerprint density at radius 3 is 2.53 bits per heavy atom. The summed E-state index contributed by atoms with van der Waals surface area (Å²) in [6.45, 7) is 6.03. The summed E-state index contributed by atoms with van der Waals surface area (Å²) < 4.78 is 26.7. The molecule has 0 fully saturated rings. The van der Waals surface area contributed by atoms with Crippen molar-refractivity contribution in [2.75, 3.05) is 6.54 Å². The van der Waals surface area contributed by atoms with Crippen molar-refractivity contribution < 1.29 is 8.42 Å². The third kappa shape index (κ3) is 3.53. The van der Waals surface area contributed by atoms with Gasteiger partial charge in [-0.1, -0.05) is 30.3 Å². The SMILES string of the molecule is C=C(CNS(=O)(=O)c1ccc(C)cc1)c1cccs1. The number of nitrogens with one attached hydrogen (secondary N) is 1. The molecule has 5 heteroatoms. The summed E-state index contributed by atoms with van der Waals surface area (Å²) in [5.74, 6) is 0. The molecule has 1 aromatic heterocycles. The number of rotatable bonds is 5. The largest absolute Gasteiger partial charge is 0.240 e. The van der Waals surface area contributed by atoms with Gasteiger partial charge in [-0.25, -0.2) is 13.1 Å². The average Bonchev–Trinajstić information content (AvgIpc) is 2.90. The van der Waals surface area contributed by atoms with Crippen LogP contribution in [0.25, 0.3) is 5.57 Å². The molecule has 0 aliphatic heterocycles. The highest BCUT2D eigenvalue weighted by Gasteiger charge is 2.13. The fourth-order valence-electron chi connectivity index (χ4n) is 1.55. The monoisotopic (exact) mass is 293 g/mol. The number of hydrogen-bond acceptors (Lipinski definition) is 3. The van der Waals surface area contributed by atoms with Gasteiger partial charge in [0.05, 0.1) is 4.90 Å². The Morgan fingerprint density at radius 2 is 1.95 bits per heavy atom. The molecule has 1 N–H and O–H groups in total. The maximum absolute atomic E-state index is 12.1. The Labute approximate surface area is 117 Å². The van der Waals surface area contributed by atoms with Gasteiger partial charge in [-0.2, -0.15) is 0 Å². The molecule has 0 spiro atoms. The Balaban J connectivity index is 2.06. The van der Waals surface area contributed by atoms with E-state index in [1.165, 1.54) is 0 Å². The lowest BCUT2D eigenvalue weighted by molar-refractivity contribution is 0.586. The Morgan fingerprint density at radius 1 is 1.26 bits per heavy atom. The number of benzene rings is 1. The summed E-state index contributed by atoms with van der Waals surface area (Å²) in [4.78, 5) is 1.27. The van der Waals surface area contributed by atoms with Crippen LogP contribution in [0.3, 0.4) is 0 Å². The number of thiophene rings is 1. The molecule has 0 atom stereocenters. The lowest BCUT2D eigenvalue weighted by atomic mass is 10.2. The molecule has 0 amide bonds. The maximum Gasteiger partial charge on any atom is 0.240 e. The number of aryl methyl sites for hydroxylation is 1. The van der Waals surface area contributed by atoms with E-state index in [9.17, 15) is 8.42 Å². The minimum Gasteiger partial charge on any atom is -0.207 e. The van der Waals surface area contributed by atoms with Crippen molar-refractivity contribution in [3.05, 3.63) is 58.8 Å². The highest BCUT2D eigenvalue weighted by molar-refractivity contribution is 7.89. The van der Waals surface area contributed by atoms with E-state index in [0.717, 1.165) is 16.0 Å². The zero-order chi connectivity index (χ0) is 13.9. The first-order valence-electron chi connectivity index (χ1n) is 5.77. The Hall–Kier alpha value is -1.43. The van der Waals surface area contributed by atoms with Crippen molar-refractivity contribution in [1.82, 2.24) is 4.72 Å². The molecule has 3 nitrogen and oxygen atoms in total. The van der Waals surface area contributed by atoms with Crippen molar-refractivity contribution in [2.24, 2.45) is 0 Å². The molecule has 2 rings (SSSR count). The van der Waals surface area contributed by atoms with Crippen LogP contribution in [0.1, 0.15) is 10.4 Å². The van der Waals surface area contributed by atoms with Crippen molar-refractivity contribution in [1.29, 1.82) is 0 Å².